The van der Waals surface area contributed by atoms with Gasteiger partial charge in [0.2, 0.25) is 11.8 Å². The SMILES string of the molecule is CC1(C)c2ccc(C3CCN(C4COC5(CCN(c6cc(F)c(C7CCC(=O)NC7=O)c(F)c6)CC5)C4)CC3)cc2-n2c1nc(=O)c1c(Br)cccc12. The summed E-state index contributed by atoms with van der Waals surface area (Å²) in [5.41, 5.74) is 3.83. The smallest absolute Gasteiger partial charge is 0.281 e. The molecule has 3 aromatic carbocycles. The highest BCUT2D eigenvalue weighted by molar-refractivity contribution is 9.10. The molecule has 2 amide bonds. The molecule has 0 radical (unpaired) electrons. The third kappa shape index (κ3) is 5.74. The van der Waals surface area contributed by atoms with E-state index in [2.05, 4.69) is 67.7 Å². The van der Waals surface area contributed by atoms with Crippen LogP contribution in [0.5, 0.6) is 0 Å². The number of halogens is 3. The van der Waals surface area contributed by atoms with Crippen LogP contribution >= 0.6 is 15.9 Å². The average molecular weight is 787 g/mol. The lowest BCUT2D eigenvalue weighted by molar-refractivity contribution is -0.134. The van der Waals surface area contributed by atoms with Crippen molar-refractivity contribution in [2.24, 2.45) is 0 Å². The first-order valence-electron chi connectivity index (χ1n) is 18.7. The van der Waals surface area contributed by atoms with Gasteiger partial charge >= 0.3 is 0 Å². The molecule has 1 N–H and O–H groups in total. The Morgan fingerprint density at radius 3 is 2.40 bits per heavy atom. The van der Waals surface area contributed by atoms with Crippen LogP contribution in [0.1, 0.15) is 93.1 Å². The van der Waals surface area contributed by atoms with Crippen LogP contribution in [0.2, 0.25) is 0 Å². The van der Waals surface area contributed by atoms with E-state index in [4.69, 9.17) is 4.74 Å². The van der Waals surface area contributed by atoms with Gasteiger partial charge in [-0.1, -0.05) is 18.2 Å². The fraction of sp³-hybridized carbons (Fsp3) is 0.463. The summed E-state index contributed by atoms with van der Waals surface area (Å²) in [7, 11) is 0. The summed E-state index contributed by atoms with van der Waals surface area (Å²) in [6.45, 7) is 8.19. The molecule has 9 rings (SSSR count). The summed E-state index contributed by atoms with van der Waals surface area (Å²) < 4.78 is 40.0. The molecule has 9 nitrogen and oxygen atoms in total. The van der Waals surface area contributed by atoms with Crippen molar-refractivity contribution in [3.63, 3.8) is 0 Å². The third-order valence-corrected chi connectivity index (χ3v) is 13.4. The normalized spacial score (nSPS) is 24.1. The lowest BCUT2D eigenvalue weighted by Crippen LogP contribution is -2.46. The van der Waals surface area contributed by atoms with E-state index in [0.29, 0.717) is 42.7 Å². The van der Waals surface area contributed by atoms with Crippen molar-refractivity contribution in [3.05, 3.63) is 97.5 Å². The Bertz CT molecular complexity index is 2220. The van der Waals surface area contributed by atoms with Crippen molar-refractivity contribution in [2.45, 2.75) is 87.7 Å². The van der Waals surface area contributed by atoms with Crippen LogP contribution in [0.25, 0.3) is 16.6 Å². The standard InChI is InChI=1S/C41H42BrF2N5O4/c1-40(2)28-8-6-24(18-33(28)49-32-5-3-4-29(42)36(32)38(52)46-39(40)49)23-10-14-47(15-11-23)26-21-41(53-22-26)12-16-48(17-13-41)25-19-30(43)35(31(44)20-25)27-7-9-34(50)45-37(27)51/h3-6,8,18-20,23,26-27H,7,9-17,21-22H2,1-2H3,(H,45,50,51). The average Bonchev–Trinajstić information content (AvgIpc) is 3.64. The Morgan fingerprint density at radius 1 is 0.943 bits per heavy atom. The van der Waals surface area contributed by atoms with Gasteiger partial charge in [-0.25, -0.2) is 8.78 Å². The summed E-state index contributed by atoms with van der Waals surface area (Å²) in [5.74, 6) is -2.37. The van der Waals surface area contributed by atoms with Gasteiger partial charge in [0, 0.05) is 41.3 Å². The minimum Gasteiger partial charge on any atom is -0.373 e. The zero-order valence-electron chi connectivity index (χ0n) is 29.9. The van der Waals surface area contributed by atoms with Crippen LogP contribution in [-0.4, -0.2) is 70.7 Å². The number of carbonyl (C=O) groups is 2. The molecule has 12 heteroatoms. The summed E-state index contributed by atoms with van der Waals surface area (Å²) in [5, 5.41) is 2.80. The number of amides is 2. The molecule has 53 heavy (non-hydrogen) atoms. The maximum absolute atomic E-state index is 15.3. The van der Waals surface area contributed by atoms with Gasteiger partial charge in [0.15, 0.2) is 0 Å². The number of likely N-dealkylation sites (tertiary alicyclic amines) is 1. The number of anilines is 1. The summed E-state index contributed by atoms with van der Waals surface area (Å²) in [6, 6.07) is 15.7. The first-order chi connectivity index (χ1) is 25.4. The van der Waals surface area contributed by atoms with Crippen molar-refractivity contribution in [2.75, 3.05) is 37.7 Å². The maximum atomic E-state index is 15.3. The number of ether oxygens (including phenoxy) is 1. The predicted molar refractivity (Wildman–Crippen MR) is 201 cm³/mol. The number of nitrogens with zero attached hydrogens (tertiary/aromatic N) is 4. The van der Waals surface area contributed by atoms with Gasteiger partial charge in [0.1, 0.15) is 17.5 Å². The number of hydrogen-bond acceptors (Lipinski definition) is 7. The molecule has 0 bridgehead atoms. The molecule has 0 aliphatic carbocycles. The lowest BCUT2D eigenvalue weighted by Gasteiger charge is -2.41. The Balaban J connectivity index is 0.845. The van der Waals surface area contributed by atoms with Gasteiger partial charge in [-0.15, -0.1) is 0 Å². The van der Waals surface area contributed by atoms with Gasteiger partial charge in [-0.3, -0.25) is 29.2 Å². The molecule has 4 fully saturated rings. The van der Waals surface area contributed by atoms with Gasteiger partial charge in [0.25, 0.3) is 5.56 Å². The predicted octanol–water partition coefficient (Wildman–Crippen LogP) is 6.59. The number of piperidine rings is 3. The zero-order chi connectivity index (χ0) is 36.8. The second-order valence-corrected chi connectivity index (χ2v) is 16.9. The number of nitrogens with one attached hydrogen (secondary N) is 1. The molecule has 5 aliphatic heterocycles. The maximum Gasteiger partial charge on any atom is 0.281 e. The Kier molecular flexibility index (Phi) is 8.39. The second-order valence-electron chi connectivity index (χ2n) is 16.1. The van der Waals surface area contributed by atoms with Gasteiger partial charge in [-0.2, -0.15) is 4.98 Å². The fourth-order valence-corrected chi connectivity index (χ4v) is 10.3. The number of benzene rings is 3. The van der Waals surface area contributed by atoms with E-state index < -0.39 is 34.8 Å². The Morgan fingerprint density at radius 2 is 1.68 bits per heavy atom. The van der Waals surface area contributed by atoms with Crippen LogP contribution in [0, 0.1) is 11.6 Å². The van der Waals surface area contributed by atoms with Crippen molar-refractivity contribution in [3.8, 4) is 5.69 Å². The van der Waals surface area contributed by atoms with E-state index in [-0.39, 0.29) is 29.6 Å². The van der Waals surface area contributed by atoms with Crippen molar-refractivity contribution in [1.29, 1.82) is 0 Å². The zero-order valence-corrected chi connectivity index (χ0v) is 31.5. The number of rotatable bonds is 4. The topological polar surface area (TPSA) is 96.8 Å². The van der Waals surface area contributed by atoms with Crippen LogP contribution in [-0.2, 0) is 19.7 Å². The summed E-state index contributed by atoms with van der Waals surface area (Å²) >= 11 is 3.58. The molecular weight excluding hydrogens is 744 g/mol. The van der Waals surface area contributed by atoms with Crippen LogP contribution in [0.4, 0.5) is 14.5 Å². The van der Waals surface area contributed by atoms with Crippen LogP contribution < -0.4 is 15.8 Å². The first-order valence-corrected chi connectivity index (χ1v) is 19.5. The van der Waals surface area contributed by atoms with E-state index in [1.165, 1.54) is 23.3 Å². The second kappa shape index (κ2) is 12.8. The highest BCUT2D eigenvalue weighted by Crippen LogP contribution is 2.46. The highest BCUT2D eigenvalue weighted by atomic mass is 79.9. The third-order valence-electron chi connectivity index (χ3n) is 12.8. The van der Waals surface area contributed by atoms with Gasteiger partial charge in [-0.05, 0) is 129 Å². The molecule has 276 valence electrons. The van der Waals surface area contributed by atoms with Crippen molar-refractivity contribution in [1.82, 2.24) is 19.8 Å². The van der Waals surface area contributed by atoms with E-state index in [9.17, 15) is 14.4 Å². The number of aromatic nitrogens is 2. The molecule has 1 aromatic heterocycles. The Hall–Kier alpha value is -4.00. The highest BCUT2D eigenvalue weighted by Gasteiger charge is 2.46. The molecule has 4 aromatic rings. The van der Waals surface area contributed by atoms with E-state index in [1.54, 1.807) is 0 Å². The number of fused-ring (bicyclic) bond motifs is 5. The minimum atomic E-state index is -1.01. The van der Waals surface area contributed by atoms with E-state index in [1.807, 2.05) is 23.1 Å². The van der Waals surface area contributed by atoms with Crippen molar-refractivity contribution < 1.29 is 23.1 Å². The number of carbonyl (C=O) groups excluding carboxylic acids is 2. The molecule has 1 spiro atoms. The first kappa shape index (κ1) is 34.7. The molecule has 2 atom stereocenters. The number of imide groups is 1. The molecule has 2 unspecified atom stereocenters. The summed E-state index contributed by atoms with van der Waals surface area (Å²) in [6.07, 6.45) is 4.75. The monoisotopic (exact) mass is 785 g/mol. The quantitative estimate of drug-likeness (QED) is 0.233. The fourth-order valence-electron chi connectivity index (χ4n) is 9.76. The van der Waals surface area contributed by atoms with Crippen LogP contribution in [0.3, 0.4) is 0 Å². The van der Waals surface area contributed by atoms with E-state index in [0.717, 1.165) is 66.7 Å². The minimum absolute atomic E-state index is 0.0619. The van der Waals surface area contributed by atoms with Crippen LogP contribution in [0.15, 0.2) is 57.8 Å². The molecule has 6 heterocycles. The molecule has 0 saturated carbocycles. The molecular formula is C41H42BrF2N5O4. The number of hydrogen-bond donors (Lipinski definition) is 1. The lowest BCUT2D eigenvalue weighted by atomic mass is 9.82. The summed E-state index contributed by atoms with van der Waals surface area (Å²) in [4.78, 5) is 46.1. The van der Waals surface area contributed by atoms with Crippen molar-refractivity contribution >= 4 is 44.3 Å². The molecule has 4 saturated heterocycles. The Labute approximate surface area is 314 Å². The molecule has 5 aliphatic rings. The van der Waals surface area contributed by atoms with Gasteiger partial charge < -0.3 is 9.64 Å². The van der Waals surface area contributed by atoms with E-state index >= 15 is 8.78 Å². The largest absolute Gasteiger partial charge is 0.373 e. The van der Waals surface area contributed by atoms with Gasteiger partial charge in [0.05, 0.1) is 40.1 Å².